The summed E-state index contributed by atoms with van der Waals surface area (Å²) in [5.41, 5.74) is 1.70. The molecule has 2 heterocycles. The molecule has 1 aromatic heterocycles. The fourth-order valence-electron chi connectivity index (χ4n) is 2.85. The molecule has 3 amide bonds. The van der Waals surface area contributed by atoms with Gasteiger partial charge >= 0.3 is 6.03 Å². The van der Waals surface area contributed by atoms with Gasteiger partial charge in [0.25, 0.3) is 0 Å². The van der Waals surface area contributed by atoms with Crippen molar-refractivity contribution < 1.29 is 9.59 Å². The summed E-state index contributed by atoms with van der Waals surface area (Å²) in [6.45, 7) is 6.82. The lowest BCUT2D eigenvalue weighted by atomic mass is 10.0. The number of piperidine rings is 1. The lowest BCUT2D eigenvalue weighted by Gasteiger charge is -2.35. The molecule has 2 atom stereocenters. The number of urea groups is 1. The first kappa shape index (κ1) is 17.2. The molecule has 1 saturated heterocycles. The van der Waals surface area contributed by atoms with Crippen LogP contribution in [0.2, 0.25) is 0 Å². The molecule has 0 saturated carbocycles. The summed E-state index contributed by atoms with van der Waals surface area (Å²) in [5, 5.41) is 5.46. The van der Waals surface area contributed by atoms with E-state index in [4.69, 9.17) is 0 Å². The second-order valence-corrected chi connectivity index (χ2v) is 6.20. The quantitative estimate of drug-likeness (QED) is 0.891. The van der Waals surface area contributed by atoms with Crippen molar-refractivity contribution in [1.82, 2.24) is 20.5 Å². The Labute approximate surface area is 137 Å². The maximum atomic E-state index is 12.4. The van der Waals surface area contributed by atoms with Crippen molar-refractivity contribution >= 4 is 11.9 Å². The van der Waals surface area contributed by atoms with Gasteiger partial charge in [0.2, 0.25) is 5.91 Å². The van der Waals surface area contributed by atoms with Crippen LogP contribution in [0.1, 0.15) is 44.5 Å². The van der Waals surface area contributed by atoms with Crippen molar-refractivity contribution in [3.63, 3.8) is 0 Å². The average Bonchev–Trinajstić information content (AvgIpc) is 2.53. The molecule has 1 aliphatic heterocycles. The summed E-state index contributed by atoms with van der Waals surface area (Å²) in [6.07, 6.45) is 3.23. The Morgan fingerprint density at radius 2 is 2.17 bits per heavy atom. The number of aryl methyl sites for hydroxylation is 1. The van der Waals surface area contributed by atoms with E-state index in [1.54, 1.807) is 6.92 Å². The number of aromatic nitrogens is 1. The highest BCUT2D eigenvalue weighted by Crippen LogP contribution is 2.17. The van der Waals surface area contributed by atoms with Crippen molar-refractivity contribution in [2.24, 2.45) is 0 Å². The summed E-state index contributed by atoms with van der Waals surface area (Å²) in [5.74, 6) is -0.0129. The predicted octanol–water partition coefficient (Wildman–Crippen LogP) is 1.98. The average molecular weight is 318 g/mol. The van der Waals surface area contributed by atoms with Crippen LogP contribution in [-0.2, 0) is 11.3 Å². The number of carbonyl (C=O) groups is 2. The Bertz CT molecular complexity index is 561. The molecule has 6 heteroatoms. The van der Waals surface area contributed by atoms with Crippen molar-refractivity contribution in [2.45, 2.75) is 58.7 Å². The molecular formula is C17H26N4O2. The highest BCUT2D eigenvalue weighted by molar-refractivity contribution is 5.86. The molecule has 2 N–H and O–H groups in total. The molecule has 23 heavy (non-hydrogen) atoms. The minimum absolute atomic E-state index is 0.0129. The number of pyridine rings is 1. The van der Waals surface area contributed by atoms with Crippen molar-refractivity contribution in [1.29, 1.82) is 0 Å². The minimum Gasteiger partial charge on any atom is -0.338 e. The van der Waals surface area contributed by atoms with E-state index < -0.39 is 6.04 Å². The van der Waals surface area contributed by atoms with Crippen LogP contribution >= 0.6 is 0 Å². The topological polar surface area (TPSA) is 74.3 Å². The summed E-state index contributed by atoms with van der Waals surface area (Å²) < 4.78 is 0. The zero-order valence-electron chi connectivity index (χ0n) is 14.1. The molecule has 0 aromatic carbocycles. The van der Waals surface area contributed by atoms with Gasteiger partial charge in [-0.2, -0.15) is 0 Å². The Morgan fingerprint density at radius 3 is 2.87 bits per heavy atom. The summed E-state index contributed by atoms with van der Waals surface area (Å²) in [7, 11) is 0. The summed E-state index contributed by atoms with van der Waals surface area (Å²) in [4.78, 5) is 30.6. The Hall–Kier alpha value is -2.11. The van der Waals surface area contributed by atoms with E-state index in [2.05, 4.69) is 22.5 Å². The third-order valence-corrected chi connectivity index (χ3v) is 4.18. The maximum absolute atomic E-state index is 12.4. The molecule has 1 aromatic rings. The molecule has 0 radical (unpaired) electrons. The van der Waals surface area contributed by atoms with E-state index in [9.17, 15) is 9.59 Å². The fourth-order valence-corrected chi connectivity index (χ4v) is 2.85. The SMILES string of the molecule is Cc1cccc(CNC(=O)N[C@H](C)C(=O)N2CCCC[C@@H]2C)n1. The molecule has 1 aliphatic rings. The molecule has 0 spiro atoms. The van der Waals surface area contributed by atoms with Gasteiger partial charge in [0.1, 0.15) is 6.04 Å². The van der Waals surface area contributed by atoms with Crippen LogP contribution in [0.25, 0.3) is 0 Å². The van der Waals surface area contributed by atoms with Gasteiger partial charge in [0, 0.05) is 18.3 Å². The van der Waals surface area contributed by atoms with Gasteiger partial charge in [0.15, 0.2) is 0 Å². The Balaban J connectivity index is 1.80. The zero-order valence-corrected chi connectivity index (χ0v) is 14.1. The smallest absolute Gasteiger partial charge is 0.315 e. The van der Waals surface area contributed by atoms with Crippen LogP contribution in [0.3, 0.4) is 0 Å². The highest BCUT2D eigenvalue weighted by Gasteiger charge is 2.27. The predicted molar refractivity (Wildman–Crippen MR) is 88.8 cm³/mol. The maximum Gasteiger partial charge on any atom is 0.315 e. The van der Waals surface area contributed by atoms with Crippen LogP contribution in [0.15, 0.2) is 18.2 Å². The standard InChI is InChI=1S/C17H26N4O2/c1-12-7-6-9-15(19-12)11-18-17(23)20-14(3)16(22)21-10-5-4-8-13(21)2/h6-7,9,13-14H,4-5,8,10-11H2,1-3H3,(H2,18,20,23)/t13-,14+/m0/s1. The number of amides is 3. The van der Waals surface area contributed by atoms with Gasteiger partial charge in [-0.1, -0.05) is 6.07 Å². The largest absolute Gasteiger partial charge is 0.338 e. The first-order valence-electron chi connectivity index (χ1n) is 8.24. The molecular weight excluding hydrogens is 292 g/mol. The Morgan fingerprint density at radius 1 is 1.39 bits per heavy atom. The normalized spacial score (nSPS) is 19.1. The third kappa shape index (κ3) is 4.94. The van der Waals surface area contributed by atoms with E-state index in [1.165, 1.54) is 0 Å². The molecule has 126 valence electrons. The van der Waals surface area contributed by atoms with Crippen LogP contribution < -0.4 is 10.6 Å². The number of hydrogen-bond donors (Lipinski definition) is 2. The van der Waals surface area contributed by atoms with Gasteiger partial charge < -0.3 is 15.5 Å². The van der Waals surface area contributed by atoms with E-state index in [-0.39, 0.29) is 18.0 Å². The van der Waals surface area contributed by atoms with Crippen molar-refractivity contribution in [2.75, 3.05) is 6.54 Å². The number of nitrogens with zero attached hydrogens (tertiary/aromatic N) is 2. The monoisotopic (exact) mass is 318 g/mol. The van der Waals surface area contributed by atoms with E-state index >= 15 is 0 Å². The van der Waals surface area contributed by atoms with Gasteiger partial charge in [0.05, 0.1) is 12.2 Å². The summed E-state index contributed by atoms with van der Waals surface area (Å²) >= 11 is 0. The van der Waals surface area contributed by atoms with Gasteiger partial charge in [-0.3, -0.25) is 9.78 Å². The van der Waals surface area contributed by atoms with E-state index in [1.807, 2.05) is 30.0 Å². The second-order valence-electron chi connectivity index (χ2n) is 6.20. The first-order valence-corrected chi connectivity index (χ1v) is 8.24. The van der Waals surface area contributed by atoms with Crippen molar-refractivity contribution in [3.05, 3.63) is 29.6 Å². The number of hydrogen-bond acceptors (Lipinski definition) is 3. The lowest BCUT2D eigenvalue weighted by molar-refractivity contribution is -0.136. The fraction of sp³-hybridized carbons (Fsp3) is 0.588. The van der Waals surface area contributed by atoms with E-state index in [0.717, 1.165) is 37.2 Å². The molecule has 0 unspecified atom stereocenters. The Kier molecular flexibility index (Phi) is 5.96. The van der Waals surface area contributed by atoms with Gasteiger partial charge in [-0.05, 0) is 52.2 Å². The van der Waals surface area contributed by atoms with Crippen LogP contribution in [0.5, 0.6) is 0 Å². The molecule has 2 rings (SSSR count). The number of rotatable bonds is 4. The van der Waals surface area contributed by atoms with Crippen molar-refractivity contribution in [3.8, 4) is 0 Å². The minimum atomic E-state index is -0.527. The third-order valence-electron chi connectivity index (χ3n) is 4.18. The highest BCUT2D eigenvalue weighted by atomic mass is 16.2. The van der Waals surface area contributed by atoms with Gasteiger partial charge in [-0.25, -0.2) is 4.79 Å². The molecule has 1 fully saturated rings. The summed E-state index contributed by atoms with van der Waals surface area (Å²) in [6, 6.07) is 5.04. The first-order chi connectivity index (χ1) is 11.0. The number of nitrogens with one attached hydrogen (secondary N) is 2. The lowest BCUT2D eigenvalue weighted by Crippen LogP contribution is -2.53. The second kappa shape index (κ2) is 7.94. The van der Waals surface area contributed by atoms with Gasteiger partial charge in [-0.15, -0.1) is 0 Å². The number of likely N-dealkylation sites (tertiary alicyclic amines) is 1. The molecule has 0 aliphatic carbocycles. The van der Waals surface area contributed by atoms with Crippen LogP contribution in [-0.4, -0.2) is 40.5 Å². The van der Waals surface area contributed by atoms with E-state index in [0.29, 0.717) is 6.54 Å². The van der Waals surface area contributed by atoms with Crippen LogP contribution in [0, 0.1) is 6.92 Å². The zero-order chi connectivity index (χ0) is 16.8. The number of carbonyl (C=O) groups excluding carboxylic acids is 2. The molecule has 0 bridgehead atoms. The molecule has 6 nitrogen and oxygen atoms in total. The van der Waals surface area contributed by atoms with Crippen LogP contribution in [0.4, 0.5) is 4.79 Å².